The predicted octanol–water partition coefficient (Wildman–Crippen LogP) is 4.27. The zero-order chi connectivity index (χ0) is 19.9. The molecule has 0 aliphatic carbocycles. The van der Waals surface area contributed by atoms with E-state index in [1.165, 1.54) is 12.3 Å². The fourth-order valence-corrected chi connectivity index (χ4v) is 2.85. The maximum atomic E-state index is 12.5. The maximum absolute atomic E-state index is 12.5. The van der Waals surface area contributed by atoms with Crippen LogP contribution < -0.4 is 10.6 Å². The molecule has 0 saturated heterocycles. The molecule has 0 fully saturated rings. The second-order valence-electron chi connectivity index (χ2n) is 6.33. The molecule has 0 atom stereocenters. The Balaban J connectivity index is 1.63. The van der Waals surface area contributed by atoms with Crippen LogP contribution >= 0.6 is 11.6 Å². The minimum atomic E-state index is -0.399. The molecule has 0 spiro atoms. The first-order valence-corrected chi connectivity index (χ1v) is 9.26. The molecule has 0 radical (unpaired) electrons. The highest BCUT2D eigenvalue weighted by molar-refractivity contribution is 6.31. The predicted molar refractivity (Wildman–Crippen MR) is 111 cm³/mol. The van der Waals surface area contributed by atoms with E-state index in [-0.39, 0.29) is 11.6 Å². The van der Waals surface area contributed by atoms with Crippen molar-refractivity contribution >= 4 is 29.1 Å². The molecule has 0 bridgehead atoms. The van der Waals surface area contributed by atoms with E-state index in [4.69, 9.17) is 11.6 Å². The van der Waals surface area contributed by atoms with Crippen molar-refractivity contribution in [2.75, 3.05) is 11.9 Å². The van der Waals surface area contributed by atoms with Crippen LogP contribution in [0.1, 0.15) is 32.0 Å². The van der Waals surface area contributed by atoms with Gasteiger partial charge in [-0.3, -0.25) is 14.6 Å². The number of aryl methyl sites for hydroxylation is 1. The van der Waals surface area contributed by atoms with Crippen molar-refractivity contribution in [3.63, 3.8) is 0 Å². The van der Waals surface area contributed by atoms with Crippen LogP contribution in [0, 0.1) is 6.92 Å². The van der Waals surface area contributed by atoms with E-state index in [1.54, 1.807) is 18.2 Å². The van der Waals surface area contributed by atoms with Gasteiger partial charge in [0.05, 0.1) is 0 Å². The summed E-state index contributed by atoms with van der Waals surface area (Å²) in [5, 5.41) is 6.17. The van der Waals surface area contributed by atoms with Crippen LogP contribution in [0.25, 0.3) is 0 Å². The highest BCUT2D eigenvalue weighted by atomic mass is 35.5. The number of aromatic nitrogens is 1. The third-order valence-corrected chi connectivity index (χ3v) is 4.48. The SMILES string of the molecule is Cc1ccc(Cl)cc1NC(=O)c1cc(C(=O)NCCc2ccccc2)ccn1. The summed E-state index contributed by atoms with van der Waals surface area (Å²) < 4.78 is 0. The Morgan fingerprint density at radius 3 is 2.57 bits per heavy atom. The molecule has 3 aromatic rings. The van der Waals surface area contributed by atoms with Crippen molar-refractivity contribution in [3.05, 3.63) is 94.3 Å². The van der Waals surface area contributed by atoms with Gasteiger partial charge >= 0.3 is 0 Å². The molecule has 2 aromatic carbocycles. The fraction of sp³-hybridized carbons (Fsp3) is 0.136. The first-order valence-electron chi connectivity index (χ1n) is 8.88. The molecule has 28 heavy (non-hydrogen) atoms. The molecular formula is C22H20ClN3O2. The lowest BCUT2D eigenvalue weighted by atomic mass is 10.1. The van der Waals surface area contributed by atoms with Gasteiger partial charge in [0.15, 0.2) is 0 Å². The highest BCUT2D eigenvalue weighted by Crippen LogP contribution is 2.20. The zero-order valence-corrected chi connectivity index (χ0v) is 16.2. The summed E-state index contributed by atoms with van der Waals surface area (Å²) in [5.41, 5.74) is 3.19. The Morgan fingerprint density at radius 1 is 1.00 bits per heavy atom. The summed E-state index contributed by atoms with van der Waals surface area (Å²) in [6.45, 7) is 2.38. The Morgan fingerprint density at radius 2 is 1.79 bits per heavy atom. The lowest BCUT2D eigenvalue weighted by Gasteiger charge is -2.09. The standard InChI is InChI=1S/C22H20ClN3O2/c1-15-7-8-18(23)14-19(15)26-22(28)20-13-17(10-12-24-20)21(27)25-11-9-16-5-3-2-4-6-16/h2-8,10,12-14H,9,11H2,1H3,(H,25,27)(H,26,28). The van der Waals surface area contributed by atoms with E-state index in [2.05, 4.69) is 15.6 Å². The lowest BCUT2D eigenvalue weighted by Crippen LogP contribution is -2.26. The van der Waals surface area contributed by atoms with Gasteiger partial charge in [-0.15, -0.1) is 0 Å². The van der Waals surface area contributed by atoms with E-state index in [1.807, 2.05) is 43.3 Å². The number of nitrogens with one attached hydrogen (secondary N) is 2. The fourth-order valence-electron chi connectivity index (χ4n) is 2.68. The third-order valence-electron chi connectivity index (χ3n) is 4.24. The average molecular weight is 394 g/mol. The van der Waals surface area contributed by atoms with Crippen LogP contribution in [-0.4, -0.2) is 23.3 Å². The summed E-state index contributed by atoms with van der Waals surface area (Å²) in [5.74, 6) is -0.643. The summed E-state index contributed by atoms with van der Waals surface area (Å²) in [6, 6.07) is 18.2. The van der Waals surface area contributed by atoms with Gasteiger partial charge in [0, 0.05) is 29.0 Å². The Hall–Kier alpha value is -3.18. The van der Waals surface area contributed by atoms with Crippen LogP contribution in [0.4, 0.5) is 5.69 Å². The van der Waals surface area contributed by atoms with Gasteiger partial charge in [0.2, 0.25) is 0 Å². The number of rotatable bonds is 6. The van der Waals surface area contributed by atoms with Crippen LogP contribution in [0.2, 0.25) is 5.02 Å². The van der Waals surface area contributed by atoms with Crippen molar-refractivity contribution in [1.82, 2.24) is 10.3 Å². The molecule has 142 valence electrons. The van der Waals surface area contributed by atoms with Crippen LogP contribution in [-0.2, 0) is 6.42 Å². The number of hydrogen-bond donors (Lipinski definition) is 2. The maximum Gasteiger partial charge on any atom is 0.274 e. The molecule has 2 amide bonds. The van der Waals surface area contributed by atoms with Crippen molar-refractivity contribution in [2.45, 2.75) is 13.3 Å². The summed E-state index contributed by atoms with van der Waals surface area (Å²) in [4.78, 5) is 29.0. The summed E-state index contributed by atoms with van der Waals surface area (Å²) >= 11 is 5.99. The minimum Gasteiger partial charge on any atom is -0.352 e. The molecule has 0 aliphatic rings. The monoisotopic (exact) mass is 393 g/mol. The third kappa shape index (κ3) is 5.18. The van der Waals surface area contributed by atoms with Crippen LogP contribution in [0.15, 0.2) is 66.9 Å². The molecular weight excluding hydrogens is 374 g/mol. The normalized spacial score (nSPS) is 10.4. The van der Waals surface area contributed by atoms with Crippen molar-refractivity contribution < 1.29 is 9.59 Å². The van der Waals surface area contributed by atoms with Gasteiger partial charge in [-0.1, -0.05) is 48.0 Å². The summed E-state index contributed by atoms with van der Waals surface area (Å²) in [7, 11) is 0. The van der Waals surface area contributed by atoms with Gasteiger partial charge < -0.3 is 10.6 Å². The van der Waals surface area contributed by atoms with E-state index >= 15 is 0 Å². The van der Waals surface area contributed by atoms with Crippen molar-refractivity contribution in [1.29, 1.82) is 0 Å². The van der Waals surface area contributed by atoms with Gasteiger partial charge in [-0.25, -0.2) is 0 Å². The number of benzene rings is 2. The van der Waals surface area contributed by atoms with E-state index in [0.29, 0.717) is 22.8 Å². The summed E-state index contributed by atoms with van der Waals surface area (Å²) in [6.07, 6.45) is 2.19. The molecule has 6 heteroatoms. The first kappa shape index (κ1) is 19.6. The molecule has 1 heterocycles. The number of anilines is 1. The molecule has 1 aromatic heterocycles. The van der Waals surface area contributed by atoms with Crippen LogP contribution in [0.3, 0.4) is 0 Å². The van der Waals surface area contributed by atoms with Crippen LogP contribution in [0.5, 0.6) is 0 Å². The Labute approximate surface area is 168 Å². The van der Waals surface area contributed by atoms with Gasteiger partial charge in [0.25, 0.3) is 11.8 Å². The topological polar surface area (TPSA) is 71.1 Å². The second-order valence-corrected chi connectivity index (χ2v) is 6.77. The zero-order valence-electron chi connectivity index (χ0n) is 15.4. The lowest BCUT2D eigenvalue weighted by molar-refractivity contribution is 0.0954. The number of carbonyl (C=O) groups is 2. The van der Waals surface area contributed by atoms with Crippen molar-refractivity contribution in [3.8, 4) is 0 Å². The molecule has 5 nitrogen and oxygen atoms in total. The largest absolute Gasteiger partial charge is 0.352 e. The highest BCUT2D eigenvalue weighted by Gasteiger charge is 2.13. The molecule has 0 saturated carbocycles. The quantitative estimate of drug-likeness (QED) is 0.657. The van der Waals surface area contributed by atoms with Gasteiger partial charge in [-0.05, 0) is 48.7 Å². The number of nitrogens with zero attached hydrogens (tertiary/aromatic N) is 1. The number of amides is 2. The minimum absolute atomic E-state index is 0.162. The van der Waals surface area contributed by atoms with Gasteiger partial charge in [0.1, 0.15) is 5.69 Å². The Kier molecular flexibility index (Phi) is 6.40. The van der Waals surface area contributed by atoms with E-state index in [9.17, 15) is 9.59 Å². The van der Waals surface area contributed by atoms with Gasteiger partial charge in [-0.2, -0.15) is 0 Å². The molecule has 2 N–H and O–H groups in total. The van der Waals surface area contributed by atoms with E-state index < -0.39 is 5.91 Å². The van der Waals surface area contributed by atoms with Crippen molar-refractivity contribution in [2.24, 2.45) is 0 Å². The Bertz CT molecular complexity index is 990. The number of pyridine rings is 1. The second kappa shape index (κ2) is 9.15. The first-order chi connectivity index (χ1) is 13.5. The molecule has 0 unspecified atom stereocenters. The smallest absolute Gasteiger partial charge is 0.274 e. The number of hydrogen-bond acceptors (Lipinski definition) is 3. The number of carbonyl (C=O) groups excluding carboxylic acids is 2. The molecule has 3 rings (SSSR count). The number of halogens is 1. The molecule has 0 aliphatic heterocycles. The van der Waals surface area contributed by atoms with E-state index in [0.717, 1.165) is 17.5 Å². The average Bonchev–Trinajstić information content (AvgIpc) is 2.71.